The zero-order valence-electron chi connectivity index (χ0n) is 19.7. The topological polar surface area (TPSA) is 38.8 Å². The molecular formula is C30H26FNO3. The van der Waals surface area contributed by atoms with Gasteiger partial charge in [0.25, 0.3) is 5.91 Å². The first-order valence-electron chi connectivity index (χ1n) is 11.6. The van der Waals surface area contributed by atoms with Crippen molar-refractivity contribution in [2.45, 2.75) is 32.7 Å². The van der Waals surface area contributed by atoms with Crippen molar-refractivity contribution in [1.82, 2.24) is 4.90 Å². The van der Waals surface area contributed by atoms with Crippen molar-refractivity contribution in [2.24, 2.45) is 0 Å². The van der Waals surface area contributed by atoms with Gasteiger partial charge in [-0.25, -0.2) is 4.39 Å². The fourth-order valence-corrected chi connectivity index (χ4v) is 4.19. The molecule has 4 aromatic rings. The summed E-state index contributed by atoms with van der Waals surface area (Å²) in [5, 5.41) is 0. The van der Waals surface area contributed by atoms with Crippen LogP contribution in [0.5, 0.6) is 11.5 Å². The molecule has 5 rings (SSSR count). The molecule has 0 unspecified atom stereocenters. The summed E-state index contributed by atoms with van der Waals surface area (Å²) >= 11 is 0. The van der Waals surface area contributed by atoms with Gasteiger partial charge in [0, 0.05) is 12.6 Å². The van der Waals surface area contributed by atoms with E-state index in [1.165, 1.54) is 17.7 Å². The van der Waals surface area contributed by atoms with Crippen molar-refractivity contribution in [3.63, 3.8) is 0 Å². The van der Waals surface area contributed by atoms with Gasteiger partial charge in [-0.15, -0.1) is 0 Å². The van der Waals surface area contributed by atoms with Crippen LogP contribution in [0.15, 0.2) is 97.1 Å². The number of ether oxygens (including phenoxy) is 2. The van der Waals surface area contributed by atoms with E-state index in [1.54, 1.807) is 35.2 Å². The summed E-state index contributed by atoms with van der Waals surface area (Å²) in [7, 11) is 0. The second kappa shape index (κ2) is 9.26. The van der Waals surface area contributed by atoms with Crippen LogP contribution in [-0.4, -0.2) is 16.5 Å². The third-order valence-electron chi connectivity index (χ3n) is 6.16. The van der Waals surface area contributed by atoms with Crippen molar-refractivity contribution in [3.05, 3.63) is 120 Å². The molecular weight excluding hydrogens is 441 g/mol. The minimum atomic E-state index is -0.871. The molecule has 176 valence electrons. The average Bonchev–Trinajstić information content (AvgIpc) is 2.87. The van der Waals surface area contributed by atoms with E-state index in [0.29, 0.717) is 30.2 Å². The van der Waals surface area contributed by atoms with Crippen molar-refractivity contribution >= 4 is 5.91 Å². The number of benzene rings is 4. The lowest BCUT2D eigenvalue weighted by atomic mass is 10.0. The van der Waals surface area contributed by atoms with E-state index in [4.69, 9.17) is 9.47 Å². The van der Waals surface area contributed by atoms with E-state index in [1.807, 2.05) is 32.0 Å². The van der Waals surface area contributed by atoms with Gasteiger partial charge in [-0.1, -0.05) is 66.7 Å². The van der Waals surface area contributed by atoms with Gasteiger partial charge in [-0.3, -0.25) is 9.69 Å². The lowest BCUT2D eigenvalue weighted by molar-refractivity contribution is -0.0537. The molecule has 0 N–H and O–H groups in total. The lowest BCUT2D eigenvalue weighted by Crippen LogP contribution is -2.54. The number of carbonyl (C=O) groups excluding carboxylic acids is 1. The first-order chi connectivity index (χ1) is 16.9. The van der Waals surface area contributed by atoms with Gasteiger partial charge in [-0.2, -0.15) is 0 Å². The number of hydrogen-bond acceptors (Lipinski definition) is 3. The van der Waals surface area contributed by atoms with Crippen molar-refractivity contribution in [2.75, 3.05) is 0 Å². The van der Waals surface area contributed by atoms with Crippen LogP contribution in [0.3, 0.4) is 0 Å². The first kappa shape index (κ1) is 22.7. The Morgan fingerprint density at radius 2 is 1.49 bits per heavy atom. The second-order valence-electron chi connectivity index (χ2n) is 9.08. The summed E-state index contributed by atoms with van der Waals surface area (Å²) in [5.41, 5.74) is 3.81. The summed E-state index contributed by atoms with van der Waals surface area (Å²) in [6.45, 7) is 4.42. The Labute approximate surface area is 204 Å². The average molecular weight is 468 g/mol. The van der Waals surface area contributed by atoms with E-state index >= 15 is 0 Å². The molecule has 0 saturated heterocycles. The molecule has 0 aromatic heterocycles. The molecule has 4 aromatic carbocycles. The molecule has 1 aliphatic rings. The smallest absolute Gasteiger partial charge is 0.260 e. The molecule has 1 aliphatic heterocycles. The van der Waals surface area contributed by atoms with Crippen LogP contribution in [0.4, 0.5) is 4.39 Å². The summed E-state index contributed by atoms with van der Waals surface area (Å²) in [6, 6.07) is 29.9. The minimum absolute atomic E-state index is 0.136. The van der Waals surface area contributed by atoms with E-state index in [0.717, 1.165) is 16.7 Å². The Balaban J connectivity index is 1.28. The van der Waals surface area contributed by atoms with Crippen LogP contribution in [-0.2, 0) is 13.2 Å². The predicted molar refractivity (Wildman–Crippen MR) is 134 cm³/mol. The highest BCUT2D eigenvalue weighted by Gasteiger charge is 2.40. The summed E-state index contributed by atoms with van der Waals surface area (Å²) < 4.78 is 25.5. The zero-order chi connectivity index (χ0) is 24.4. The van der Waals surface area contributed by atoms with E-state index in [-0.39, 0.29) is 11.7 Å². The van der Waals surface area contributed by atoms with Crippen LogP contribution in [0, 0.1) is 5.82 Å². The molecule has 5 heteroatoms. The molecule has 0 fully saturated rings. The monoisotopic (exact) mass is 467 g/mol. The van der Waals surface area contributed by atoms with E-state index in [9.17, 15) is 9.18 Å². The molecule has 0 saturated carbocycles. The highest BCUT2D eigenvalue weighted by Crippen LogP contribution is 2.37. The first-order valence-corrected chi connectivity index (χ1v) is 11.6. The minimum Gasteiger partial charge on any atom is -0.489 e. The van der Waals surface area contributed by atoms with E-state index < -0.39 is 5.72 Å². The largest absolute Gasteiger partial charge is 0.489 e. The number of halogens is 1. The molecule has 0 atom stereocenters. The number of hydrogen-bond donors (Lipinski definition) is 0. The van der Waals surface area contributed by atoms with Crippen molar-refractivity contribution in [3.8, 4) is 22.6 Å². The Kier molecular flexibility index (Phi) is 6.00. The maximum absolute atomic E-state index is 13.3. The number of nitrogens with zero attached hydrogens (tertiary/aromatic N) is 1. The molecule has 0 radical (unpaired) electrons. The number of amides is 1. The van der Waals surface area contributed by atoms with Gasteiger partial charge < -0.3 is 9.47 Å². The van der Waals surface area contributed by atoms with E-state index in [2.05, 4.69) is 36.4 Å². The lowest BCUT2D eigenvalue weighted by Gasteiger charge is -2.42. The maximum atomic E-state index is 13.3. The zero-order valence-corrected chi connectivity index (χ0v) is 19.7. The number of fused-ring (bicyclic) bond motifs is 1. The Hall–Kier alpha value is -4.12. The quantitative estimate of drug-likeness (QED) is 0.312. The van der Waals surface area contributed by atoms with Gasteiger partial charge in [0.15, 0.2) is 5.72 Å². The molecule has 0 aliphatic carbocycles. The third kappa shape index (κ3) is 4.90. The fourth-order valence-electron chi connectivity index (χ4n) is 4.19. The normalized spacial score (nSPS) is 14.3. The van der Waals surface area contributed by atoms with Crippen LogP contribution in [0.2, 0.25) is 0 Å². The summed E-state index contributed by atoms with van der Waals surface area (Å²) in [5.74, 6) is 0.682. The molecule has 4 nitrogen and oxygen atoms in total. The maximum Gasteiger partial charge on any atom is 0.260 e. The van der Waals surface area contributed by atoms with Gasteiger partial charge in [0.2, 0.25) is 0 Å². The van der Waals surface area contributed by atoms with Crippen LogP contribution >= 0.6 is 0 Å². The predicted octanol–water partition coefficient (Wildman–Crippen LogP) is 6.84. The SMILES string of the molecule is CC1(C)Oc2cc(OCc3ccc(-c4ccccc4)cc3)ccc2C(=O)N1Cc1ccc(F)cc1. The highest BCUT2D eigenvalue weighted by atomic mass is 19.1. The molecule has 1 amide bonds. The molecule has 0 bridgehead atoms. The van der Waals surface area contributed by atoms with Gasteiger partial charge in [0.1, 0.15) is 23.9 Å². The van der Waals surface area contributed by atoms with Gasteiger partial charge >= 0.3 is 0 Å². The summed E-state index contributed by atoms with van der Waals surface area (Å²) in [4.78, 5) is 14.9. The second-order valence-corrected chi connectivity index (χ2v) is 9.08. The number of carbonyl (C=O) groups is 1. The van der Waals surface area contributed by atoms with Gasteiger partial charge in [-0.05, 0) is 60.4 Å². The highest BCUT2D eigenvalue weighted by molar-refractivity contribution is 5.98. The Bertz CT molecular complexity index is 1330. The third-order valence-corrected chi connectivity index (χ3v) is 6.16. The fraction of sp³-hybridized carbons (Fsp3) is 0.167. The molecule has 35 heavy (non-hydrogen) atoms. The summed E-state index contributed by atoms with van der Waals surface area (Å²) in [6.07, 6.45) is 0. The Morgan fingerprint density at radius 3 is 2.20 bits per heavy atom. The number of rotatable bonds is 6. The van der Waals surface area contributed by atoms with Crippen LogP contribution in [0.1, 0.15) is 35.3 Å². The molecule has 1 heterocycles. The van der Waals surface area contributed by atoms with Gasteiger partial charge in [0.05, 0.1) is 5.56 Å². The molecule has 0 spiro atoms. The van der Waals surface area contributed by atoms with Crippen LogP contribution in [0.25, 0.3) is 11.1 Å². The van der Waals surface area contributed by atoms with Crippen molar-refractivity contribution < 1.29 is 18.7 Å². The van der Waals surface area contributed by atoms with Crippen molar-refractivity contribution in [1.29, 1.82) is 0 Å². The standard InChI is InChI=1S/C30H26FNO3/c1-30(2)32(19-21-10-14-25(31)15-11-21)29(33)27-17-16-26(18-28(27)35-30)34-20-22-8-12-24(13-9-22)23-6-4-3-5-7-23/h3-18H,19-20H2,1-2H3. The van der Waals surface area contributed by atoms with Crippen LogP contribution < -0.4 is 9.47 Å². The Morgan fingerprint density at radius 1 is 0.829 bits per heavy atom.